The molecule has 3 rings (SSSR count). The smallest absolute Gasteiger partial charge is 0.294 e. The summed E-state index contributed by atoms with van der Waals surface area (Å²) < 4.78 is 5.13. The molecule has 7 heteroatoms. The summed E-state index contributed by atoms with van der Waals surface area (Å²) in [7, 11) is 0. The molecule has 0 aliphatic carbocycles. The van der Waals surface area contributed by atoms with Gasteiger partial charge in [0, 0.05) is 11.8 Å². The zero-order chi connectivity index (χ0) is 17.1. The van der Waals surface area contributed by atoms with Crippen LogP contribution in [0.4, 0.5) is 10.5 Å². The number of benzene rings is 1. The number of rotatable bonds is 4. The zero-order valence-electron chi connectivity index (χ0n) is 12.8. The highest BCUT2D eigenvalue weighted by molar-refractivity contribution is 8.18. The van der Waals surface area contributed by atoms with E-state index in [1.807, 2.05) is 19.1 Å². The van der Waals surface area contributed by atoms with Gasteiger partial charge in [0.15, 0.2) is 0 Å². The number of aryl methyl sites for hydroxylation is 1. The lowest BCUT2D eigenvalue weighted by atomic mass is 10.2. The third kappa shape index (κ3) is 3.57. The third-order valence-electron chi connectivity index (χ3n) is 3.33. The van der Waals surface area contributed by atoms with Gasteiger partial charge in [-0.2, -0.15) is 0 Å². The van der Waals surface area contributed by atoms with Crippen LogP contribution in [0.15, 0.2) is 52.0 Å². The van der Waals surface area contributed by atoms with Gasteiger partial charge in [-0.05, 0) is 43.0 Å². The zero-order valence-corrected chi connectivity index (χ0v) is 13.6. The van der Waals surface area contributed by atoms with Crippen LogP contribution in [-0.4, -0.2) is 28.5 Å². The molecule has 1 aliphatic rings. The van der Waals surface area contributed by atoms with Crippen molar-refractivity contribution < 1.29 is 18.8 Å². The Kier molecular flexibility index (Phi) is 4.52. The number of nitrogens with zero attached hydrogens (tertiary/aromatic N) is 1. The average Bonchev–Trinajstić information content (AvgIpc) is 3.14. The molecule has 1 aromatic heterocycles. The highest BCUT2D eigenvalue weighted by Crippen LogP contribution is 2.32. The number of amides is 3. The molecule has 0 unspecified atom stereocenters. The van der Waals surface area contributed by atoms with Gasteiger partial charge in [0.05, 0.1) is 11.2 Å². The number of nitrogens with one attached hydrogen (secondary N) is 1. The van der Waals surface area contributed by atoms with Crippen LogP contribution < -0.4 is 5.32 Å². The van der Waals surface area contributed by atoms with E-state index in [1.165, 1.54) is 12.3 Å². The molecule has 1 saturated heterocycles. The molecule has 6 nitrogen and oxygen atoms in total. The summed E-state index contributed by atoms with van der Waals surface area (Å²) in [6.07, 6.45) is 2.97. The molecule has 24 heavy (non-hydrogen) atoms. The summed E-state index contributed by atoms with van der Waals surface area (Å²) in [5, 5.41) is 2.19. The van der Waals surface area contributed by atoms with Gasteiger partial charge in [0.2, 0.25) is 5.91 Å². The first kappa shape index (κ1) is 16.1. The molecule has 1 fully saturated rings. The lowest BCUT2D eigenvalue weighted by molar-refractivity contribution is -0.127. The predicted octanol–water partition coefficient (Wildman–Crippen LogP) is 3.26. The molecule has 3 amide bonds. The van der Waals surface area contributed by atoms with E-state index in [0.29, 0.717) is 11.4 Å². The van der Waals surface area contributed by atoms with Gasteiger partial charge < -0.3 is 9.73 Å². The maximum atomic E-state index is 12.3. The molecule has 0 radical (unpaired) electrons. The van der Waals surface area contributed by atoms with Crippen molar-refractivity contribution in [2.24, 2.45) is 0 Å². The van der Waals surface area contributed by atoms with Crippen molar-refractivity contribution in [1.29, 1.82) is 0 Å². The first-order valence-corrected chi connectivity index (χ1v) is 8.00. The molecule has 1 aliphatic heterocycles. The van der Waals surface area contributed by atoms with Gasteiger partial charge in [-0.25, -0.2) is 0 Å². The second-order valence-corrected chi connectivity index (χ2v) is 6.19. The number of hydrogen-bond donors (Lipinski definition) is 1. The van der Waals surface area contributed by atoms with Crippen LogP contribution in [0.5, 0.6) is 0 Å². The highest BCUT2D eigenvalue weighted by atomic mass is 32.2. The van der Waals surface area contributed by atoms with E-state index < -0.39 is 17.1 Å². The minimum atomic E-state index is -0.500. The van der Waals surface area contributed by atoms with Crippen molar-refractivity contribution in [2.45, 2.75) is 6.92 Å². The van der Waals surface area contributed by atoms with E-state index in [4.69, 9.17) is 4.42 Å². The van der Waals surface area contributed by atoms with Crippen molar-refractivity contribution in [1.82, 2.24) is 4.90 Å². The number of anilines is 1. The maximum absolute atomic E-state index is 12.3. The van der Waals surface area contributed by atoms with E-state index in [1.54, 1.807) is 24.3 Å². The normalized spacial score (nSPS) is 16.0. The molecule has 0 atom stereocenters. The quantitative estimate of drug-likeness (QED) is 0.863. The van der Waals surface area contributed by atoms with E-state index in [0.717, 1.165) is 22.2 Å². The number of imide groups is 1. The Morgan fingerprint density at radius 2 is 2.00 bits per heavy atom. The Bertz CT molecular complexity index is 810. The van der Waals surface area contributed by atoms with E-state index >= 15 is 0 Å². The summed E-state index contributed by atoms with van der Waals surface area (Å²) in [5.74, 6) is -0.453. The van der Waals surface area contributed by atoms with E-state index in [-0.39, 0.29) is 11.4 Å². The summed E-state index contributed by atoms with van der Waals surface area (Å²) in [5.41, 5.74) is 1.69. The minimum absolute atomic E-state index is 0.234. The number of carbonyl (C=O) groups excluding carboxylic acids is 3. The van der Waals surface area contributed by atoms with Gasteiger partial charge in [-0.15, -0.1) is 0 Å². The van der Waals surface area contributed by atoms with E-state index in [9.17, 15) is 14.4 Å². The Balaban J connectivity index is 1.66. The van der Waals surface area contributed by atoms with Gasteiger partial charge in [0.1, 0.15) is 12.3 Å². The van der Waals surface area contributed by atoms with Crippen molar-refractivity contribution in [3.63, 3.8) is 0 Å². The molecule has 0 spiro atoms. The average molecular weight is 342 g/mol. The highest BCUT2D eigenvalue weighted by Gasteiger charge is 2.36. The summed E-state index contributed by atoms with van der Waals surface area (Å²) in [6.45, 7) is 1.62. The molecular weight excluding hydrogens is 328 g/mol. The Labute approximate surface area is 142 Å². The molecule has 1 aromatic carbocycles. The number of carbonyl (C=O) groups is 3. The summed E-state index contributed by atoms with van der Waals surface area (Å²) >= 11 is 0.789. The third-order valence-corrected chi connectivity index (χ3v) is 4.23. The van der Waals surface area contributed by atoms with Crippen molar-refractivity contribution in [3.05, 3.63) is 58.9 Å². The standard InChI is InChI=1S/C17H14N2O4S/c1-11-4-6-12(7-5-11)18-15(20)10-19-16(21)14(24-17(19)22)9-13-3-2-8-23-13/h2-9H,10H2,1H3,(H,18,20)/b14-9-. The molecule has 2 heterocycles. The van der Waals surface area contributed by atoms with Crippen molar-refractivity contribution in [2.75, 3.05) is 11.9 Å². The molecular formula is C17H14N2O4S. The van der Waals surface area contributed by atoms with Crippen LogP contribution in [0, 0.1) is 6.92 Å². The van der Waals surface area contributed by atoms with Gasteiger partial charge in [-0.3, -0.25) is 19.3 Å². The SMILES string of the molecule is Cc1ccc(NC(=O)CN2C(=O)S/C(=C\c3ccco3)C2=O)cc1. The topological polar surface area (TPSA) is 79.6 Å². The fraction of sp³-hybridized carbons (Fsp3) is 0.118. The molecule has 1 N–H and O–H groups in total. The predicted molar refractivity (Wildman–Crippen MR) is 91.2 cm³/mol. The fourth-order valence-corrected chi connectivity index (χ4v) is 2.94. The lowest BCUT2D eigenvalue weighted by Gasteiger charge is -2.12. The van der Waals surface area contributed by atoms with E-state index in [2.05, 4.69) is 5.32 Å². The molecule has 0 bridgehead atoms. The number of thioether (sulfide) groups is 1. The largest absolute Gasteiger partial charge is 0.465 e. The van der Waals surface area contributed by atoms with Gasteiger partial charge in [-0.1, -0.05) is 17.7 Å². The first-order chi connectivity index (χ1) is 11.5. The number of furan rings is 1. The summed E-state index contributed by atoms with van der Waals surface area (Å²) in [4.78, 5) is 37.5. The second-order valence-electron chi connectivity index (χ2n) is 5.20. The Hall–Kier alpha value is -2.80. The fourth-order valence-electron chi connectivity index (χ4n) is 2.12. The minimum Gasteiger partial charge on any atom is -0.465 e. The van der Waals surface area contributed by atoms with Crippen LogP contribution in [0.1, 0.15) is 11.3 Å². The van der Waals surface area contributed by atoms with Gasteiger partial charge in [0.25, 0.3) is 11.1 Å². The molecule has 2 aromatic rings. The monoisotopic (exact) mass is 342 g/mol. The van der Waals surface area contributed by atoms with Crippen LogP contribution in [0.25, 0.3) is 6.08 Å². The summed E-state index contributed by atoms with van der Waals surface area (Å²) in [6, 6.07) is 10.6. The van der Waals surface area contributed by atoms with Gasteiger partial charge >= 0.3 is 0 Å². The maximum Gasteiger partial charge on any atom is 0.294 e. The second kappa shape index (κ2) is 6.76. The van der Waals surface area contributed by atoms with Crippen LogP contribution in [0.2, 0.25) is 0 Å². The lowest BCUT2D eigenvalue weighted by Crippen LogP contribution is -2.36. The van der Waals surface area contributed by atoms with Crippen LogP contribution in [-0.2, 0) is 9.59 Å². The van der Waals surface area contributed by atoms with Crippen molar-refractivity contribution in [3.8, 4) is 0 Å². The van der Waals surface area contributed by atoms with Crippen molar-refractivity contribution >= 4 is 40.6 Å². The first-order valence-electron chi connectivity index (χ1n) is 7.18. The Morgan fingerprint density at radius 1 is 1.25 bits per heavy atom. The van der Waals surface area contributed by atoms with Crippen LogP contribution in [0.3, 0.4) is 0 Å². The van der Waals surface area contributed by atoms with Crippen LogP contribution >= 0.6 is 11.8 Å². The molecule has 122 valence electrons. The number of hydrogen-bond acceptors (Lipinski definition) is 5. The molecule has 0 saturated carbocycles. The Morgan fingerprint density at radius 3 is 2.67 bits per heavy atom.